The van der Waals surface area contributed by atoms with Crippen LogP contribution in [0.15, 0.2) is 28.8 Å². The second-order valence-electron chi connectivity index (χ2n) is 6.68. The predicted octanol–water partition coefficient (Wildman–Crippen LogP) is 3.53. The Kier molecular flexibility index (Phi) is 5.78. The molecular formula is C17H21Cl2N7O. The molecule has 1 aromatic carbocycles. The lowest BCUT2D eigenvalue weighted by Gasteiger charge is -2.17. The zero-order valence-corrected chi connectivity index (χ0v) is 16.4. The van der Waals surface area contributed by atoms with E-state index in [0.29, 0.717) is 29.0 Å². The lowest BCUT2D eigenvalue weighted by atomic mass is 9.99. The molecule has 1 unspecified atom stereocenters. The number of hydrogen-bond acceptors (Lipinski definition) is 7. The fraction of sp³-hybridized carbons (Fsp3) is 0.471. The van der Waals surface area contributed by atoms with E-state index in [1.807, 2.05) is 19.1 Å². The molecular weight excluding hydrogens is 389 g/mol. The summed E-state index contributed by atoms with van der Waals surface area (Å²) in [5.41, 5.74) is 6.78. The van der Waals surface area contributed by atoms with Gasteiger partial charge in [0.1, 0.15) is 0 Å². The molecule has 2 N–H and O–H groups in total. The van der Waals surface area contributed by atoms with Crippen molar-refractivity contribution in [3.8, 4) is 11.4 Å². The van der Waals surface area contributed by atoms with E-state index in [0.717, 1.165) is 31.2 Å². The molecule has 1 atom stereocenters. The van der Waals surface area contributed by atoms with E-state index in [1.165, 1.54) is 4.80 Å². The molecule has 27 heavy (non-hydrogen) atoms. The molecule has 1 saturated carbocycles. The van der Waals surface area contributed by atoms with Gasteiger partial charge in [-0.1, -0.05) is 36.5 Å². The van der Waals surface area contributed by atoms with Gasteiger partial charge >= 0.3 is 0 Å². The quantitative estimate of drug-likeness (QED) is 0.685. The Balaban J connectivity index is 0.00000210. The molecule has 8 nitrogen and oxygen atoms in total. The summed E-state index contributed by atoms with van der Waals surface area (Å²) in [4.78, 5) is 6.07. The van der Waals surface area contributed by atoms with Crippen molar-refractivity contribution in [1.29, 1.82) is 0 Å². The van der Waals surface area contributed by atoms with Crippen LogP contribution in [0.2, 0.25) is 5.02 Å². The van der Waals surface area contributed by atoms with Crippen LogP contribution in [0.3, 0.4) is 0 Å². The van der Waals surface area contributed by atoms with Gasteiger partial charge in [-0.3, -0.25) is 0 Å². The first-order chi connectivity index (χ1) is 12.6. The average molecular weight is 410 g/mol. The van der Waals surface area contributed by atoms with E-state index in [-0.39, 0.29) is 18.4 Å². The summed E-state index contributed by atoms with van der Waals surface area (Å²) < 4.78 is 5.49. The van der Waals surface area contributed by atoms with Crippen LogP contribution in [0.1, 0.15) is 56.8 Å². The van der Waals surface area contributed by atoms with E-state index in [2.05, 4.69) is 25.6 Å². The lowest BCUT2D eigenvalue weighted by Crippen LogP contribution is -2.34. The third-order valence-electron chi connectivity index (χ3n) is 4.86. The monoisotopic (exact) mass is 409 g/mol. The van der Waals surface area contributed by atoms with Gasteiger partial charge in [0.2, 0.25) is 5.82 Å². The van der Waals surface area contributed by atoms with Gasteiger partial charge in [-0.05, 0) is 48.7 Å². The third-order valence-corrected chi connectivity index (χ3v) is 5.12. The normalized spacial score (nSPS) is 16.9. The summed E-state index contributed by atoms with van der Waals surface area (Å²) in [5, 5.41) is 17.6. The van der Waals surface area contributed by atoms with E-state index in [9.17, 15) is 0 Å². The number of nitrogens with two attached hydrogens (primary N) is 1. The second kappa shape index (κ2) is 7.92. The molecule has 0 bridgehead atoms. The van der Waals surface area contributed by atoms with Crippen molar-refractivity contribution < 1.29 is 4.52 Å². The first-order valence-corrected chi connectivity index (χ1v) is 9.15. The van der Waals surface area contributed by atoms with Crippen LogP contribution in [0, 0.1) is 0 Å². The van der Waals surface area contributed by atoms with Crippen molar-refractivity contribution in [2.45, 2.75) is 50.6 Å². The summed E-state index contributed by atoms with van der Waals surface area (Å²) in [6, 6.07) is 7.01. The Hall–Kier alpha value is -2.03. The van der Waals surface area contributed by atoms with E-state index in [1.54, 1.807) is 12.1 Å². The standard InChI is InChI=1S/C17H20ClN7O.ClH/c1-2-13(15-20-16(23-26-15)17(19)9-3-4-10-17)25-22-14(21-24-25)11-5-7-12(18)8-6-11;/h5-8,13H,2-4,9-10,19H2,1H3;1H. The van der Waals surface area contributed by atoms with Crippen molar-refractivity contribution in [3.63, 3.8) is 0 Å². The minimum Gasteiger partial charge on any atom is -0.337 e. The second-order valence-corrected chi connectivity index (χ2v) is 7.12. The molecule has 0 spiro atoms. The zero-order valence-electron chi connectivity index (χ0n) is 14.9. The van der Waals surface area contributed by atoms with Gasteiger partial charge in [0.05, 0.1) is 5.54 Å². The highest BCUT2D eigenvalue weighted by Crippen LogP contribution is 2.35. The highest BCUT2D eigenvalue weighted by atomic mass is 35.5. The Morgan fingerprint density at radius 2 is 1.96 bits per heavy atom. The molecule has 0 radical (unpaired) electrons. The van der Waals surface area contributed by atoms with Gasteiger partial charge in [-0.25, -0.2) is 0 Å². The summed E-state index contributed by atoms with van der Waals surface area (Å²) in [7, 11) is 0. The van der Waals surface area contributed by atoms with Crippen LogP contribution >= 0.6 is 24.0 Å². The number of halogens is 2. The molecule has 1 fully saturated rings. The summed E-state index contributed by atoms with van der Waals surface area (Å²) in [6.45, 7) is 2.01. The molecule has 1 aliphatic carbocycles. The molecule has 10 heteroatoms. The number of benzene rings is 1. The van der Waals surface area contributed by atoms with Crippen LogP contribution in [0.4, 0.5) is 0 Å². The average Bonchev–Trinajstić information content (AvgIpc) is 3.38. The zero-order chi connectivity index (χ0) is 18.1. The highest BCUT2D eigenvalue weighted by Gasteiger charge is 2.37. The molecule has 2 heterocycles. The maximum absolute atomic E-state index is 6.42. The van der Waals surface area contributed by atoms with E-state index >= 15 is 0 Å². The Morgan fingerprint density at radius 1 is 1.26 bits per heavy atom. The Labute approximate surface area is 167 Å². The molecule has 2 aromatic heterocycles. The molecule has 0 aliphatic heterocycles. The number of tetrazole rings is 1. The van der Waals surface area contributed by atoms with Crippen molar-refractivity contribution in [2.75, 3.05) is 0 Å². The molecule has 1 aliphatic rings. The fourth-order valence-corrected chi connectivity index (χ4v) is 3.44. The smallest absolute Gasteiger partial charge is 0.253 e. The van der Waals surface area contributed by atoms with Gasteiger partial charge < -0.3 is 10.3 Å². The van der Waals surface area contributed by atoms with Gasteiger partial charge in [0.25, 0.3) is 5.89 Å². The fourth-order valence-electron chi connectivity index (χ4n) is 3.31. The summed E-state index contributed by atoms with van der Waals surface area (Å²) in [6.07, 6.45) is 4.63. The molecule has 4 rings (SSSR count). The summed E-state index contributed by atoms with van der Waals surface area (Å²) in [5.74, 6) is 1.55. The lowest BCUT2D eigenvalue weighted by molar-refractivity contribution is 0.297. The topological polar surface area (TPSA) is 109 Å². The maximum Gasteiger partial charge on any atom is 0.253 e. The third kappa shape index (κ3) is 3.83. The molecule has 144 valence electrons. The highest BCUT2D eigenvalue weighted by molar-refractivity contribution is 6.30. The van der Waals surface area contributed by atoms with Crippen molar-refractivity contribution in [1.82, 2.24) is 30.3 Å². The van der Waals surface area contributed by atoms with Gasteiger partial charge in [-0.2, -0.15) is 9.78 Å². The molecule has 0 saturated heterocycles. The SMILES string of the molecule is CCC(c1nc(C2(N)CCCC2)no1)n1nnc(-c2ccc(Cl)cc2)n1.Cl. The van der Waals surface area contributed by atoms with Crippen molar-refractivity contribution >= 4 is 24.0 Å². The van der Waals surface area contributed by atoms with Crippen molar-refractivity contribution in [3.05, 3.63) is 41.0 Å². The predicted molar refractivity (Wildman–Crippen MR) is 103 cm³/mol. The van der Waals surface area contributed by atoms with Crippen LogP contribution in [-0.4, -0.2) is 30.3 Å². The minimum atomic E-state index is -0.482. The number of nitrogens with zero attached hydrogens (tertiary/aromatic N) is 6. The van der Waals surface area contributed by atoms with Gasteiger partial charge in [0, 0.05) is 10.6 Å². The first kappa shape index (κ1) is 19.7. The van der Waals surface area contributed by atoms with Crippen molar-refractivity contribution in [2.24, 2.45) is 5.73 Å². The van der Waals surface area contributed by atoms with Crippen LogP contribution in [-0.2, 0) is 5.54 Å². The maximum atomic E-state index is 6.42. The van der Waals surface area contributed by atoms with Gasteiger partial charge in [-0.15, -0.1) is 22.6 Å². The van der Waals surface area contributed by atoms with Crippen LogP contribution in [0.5, 0.6) is 0 Å². The molecule has 0 amide bonds. The summed E-state index contributed by atoms with van der Waals surface area (Å²) >= 11 is 5.93. The number of hydrogen-bond donors (Lipinski definition) is 1. The largest absolute Gasteiger partial charge is 0.337 e. The van der Waals surface area contributed by atoms with Gasteiger partial charge in [0.15, 0.2) is 11.9 Å². The number of aromatic nitrogens is 6. The first-order valence-electron chi connectivity index (χ1n) is 8.77. The Bertz CT molecular complexity index is 887. The minimum absolute atomic E-state index is 0. The van der Waals surface area contributed by atoms with Crippen LogP contribution in [0.25, 0.3) is 11.4 Å². The number of rotatable bonds is 5. The van der Waals surface area contributed by atoms with E-state index in [4.69, 9.17) is 21.9 Å². The molecule has 3 aromatic rings. The van der Waals surface area contributed by atoms with E-state index < -0.39 is 5.54 Å². The Morgan fingerprint density at radius 3 is 2.63 bits per heavy atom. The van der Waals surface area contributed by atoms with Crippen LogP contribution < -0.4 is 5.73 Å².